The second-order valence-electron chi connectivity index (χ2n) is 8.51. The average molecular weight is 386 g/mol. The van der Waals surface area contributed by atoms with Gasteiger partial charge in [0.15, 0.2) is 0 Å². The van der Waals surface area contributed by atoms with E-state index in [1.54, 1.807) is 4.90 Å². The van der Waals surface area contributed by atoms with Gasteiger partial charge in [0.2, 0.25) is 5.88 Å². The molecular formula is C19H25F3N2O3. The molecule has 2 heterocycles. The fraction of sp³-hybridized carbons (Fsp3) is 0.684. The average Bonchev–Trinajstić information content (AvgIpc) is 2.51. The van der Waals surface area contributed by atoms with Crippen molar-refractivity contribution in [2.24, 2.45) is 5.41 Å². The molecule has 1 aromatic rings. The summed E-state index contributed by atoms with van der Waals surface area (Å²) in [5.74, 6) is -0.371. The molecule has 0 atom stereocenters. The van der Waals surface area contributed by atoms with Gasteiger partial charge < -0.3 is 14.4 Å². The van der Waals surface area contributed by atoms with Gasteiger partial charge in [0.05, 0.1) is 0 Å². The first-order valence-electron chi connectivity index (χ1n) is 9.14. The molecule has 1 saturated carbocycles. The lowest BCUT2D eigenvalue weighted by molar-refractivity contribution is -0.141. The van der Waals surface area contributed by atoms with Gasteiger partial charge in [-0.2, -0.15) is 13.2 Å². The Morgan fingerprint density at radius 2 is 2.00 bits per heavy atom. The summed E-state index contributed by atoms with van der Waals surface area (Å²) in [6.45, 7) is 6.66. The Labute approximate surface area is 156 Å². The lowest BCUT2D eigenvalue weighted by Crippen LogP contribution is -2.55. The molecule has 0 N–H and O–H groups in total. The maximum absolute atomic E-state index is 13.1. The van der Waals surface area contributed by atoms with E-state index in [-0.39, 0.29) is 23.5 Å². The molecule has 1 aliphatic heterocycles. The quantitative estimate of drug-likeness (QED) is 0.742. The van der Waals surface area contributed by atoms with Crippen molar-refractivity contribution < 1.29 is 27.4 Å². The normalized spacial score (nSPS) is 25.9. The van der Waals surface area contributed by atoms with Crippen LogP contribution in [-0.2, 0) is 10.9 Å². The zero-order chi connectivity index (χ0) is 19.9. The maximum Gasteiger partial charge on any atom is 0.421 e. The van der Waals surface area contributed by atoms with E-state index in [4.69, 9.17) is 9.47 Å². The molecule has 1 aromatic heterocycles. The molecule has 2 aliphatic rings. The lowest BCUT2D eigenvalue weighted by atomic mass is 9.62. The van der Waals surface area contributed by atoms with E-state index in [1.807, 2.05) is 20.8 Å². The van der Waals surface area contributed by atoms with Gasteiger partial charge in [0, 0.05) is 19.3 Å². The number of amides is 1. The lowest BCUT2D eigenvalue weighted by Gasteiger charge is -2.52. The van der Waals surface area contributed by atoms with E-state index in [1.165, 1.54) is 12.3 Å². The minimum absolute atomic E-state index is 0.104. The molecule has 3 rings (SSSR count). The summed E-state index contributed by atoms with van der Waals surface area (Å²) in [5.41, 5.74) is -1.52. The molecule has 8 heteroatoms. The van der Waals surface area contributed by atoms with Crippen molar-refractivity contribution in [1.29, 1.82) is 0 Å². The third kappa shape index (κ3) is 4.65. The number of hydrogen-bond donors (Lipinski definition) is 0. The predicted octanol–water partition coefficient (Wildman–Crippen LogP) is 4.66. The van der Waals surface area contributed by atoms with E-state index >= 15 is 0 Å². The van der Waals surface area contributed by atoms with Crippen LogP contribution in [0.3, 0.4) is 0 Å². The third-order valence-corrected chi connectivity index (χ3v) is 4.99. The smallest absolute Gasteiger partial charge is 0.421 e. The number of alkyl halides is 3. The van der Waals surface area contributed by atoms with Crippen molar-refractivity contribution in [2.75, 3.05) is 13.1 Å². The van der Waals surface area contributed by atoms with Gasteiger partial charge in [-0.05, 0) is 64.0 Å². The number of carbonyl (C=O) groups excluding carboxylic acids is 1. The number of carbonyl (C=O) groups is 1. The number of piperidine rings is 1. The molecule has 2 fully saturated rings. The third-order valence-electron chi connectivity index (χ3n) is 4.99. The van der Waals surface area contributed by atoms with E-state index < -0.39 is 17.3 Å². The Morgan fingerprint density at radius 1 is 1.30 bits per heavy atom. The number of nitrogens with zero attached hydrogens (tertiary/aromatic N) is 2. The van der Waals surface area contributed by atoms with Gasteiger partial charge in [0.1, 0.15) is 17.3 Å². The molecule has 1 amide bonds. The zero-order valence-corrected chi connectivity index (χ0v) is 15.8. The van der Waals surface area contributed by atoms with Crippen LogP contribution in [0, 0.1) is 5.41 Å². The van der Waals surface area contributed by atoms with Crippen LogP contribution in [0.15, 0.2) is 18.3 Å². The van der Waals surface area contributed by atoms with Gasteiger partial charge in [0.25, 0.3) is 0 Å². The molecule has 1 spiro atoms. The second kappa shape index (κ2) is 6.87. The fourth-order valence-electron chi connectivity index (χ4n) is 3.87. The van der Waals surface area contributed by atoms with Gasteiger partial charge in [-0.25, -0.2) is 9.78 Å². The van der Waals surface area contributed by atoms with Crippen molar-refractivity contribution in [2.45, 2.75) is 64.3 Å². The highest BCUT2D eigenvalue weighted by molar-refractivity contribution is 5.68. The van der Waals surface area contributed by atoms with E-state index in [0.717, 1.165) is 18.9 Å². The van der Waals surface area contributed by atoms with Crippen molar-refractivity contribution in [1.82, 2.24) is 9.88 Å². The first-order valence-corrected chi connectivity index (χ1v) is 9.14. The number of rotatable bonds is 2. The summed E-state index contributed by atoms with van der Waals surface area (Å²) in [4.78, 5) is 17.8. The first-order chi connectivity index (χ1) is 12.5. The number of likely N-dealkylation sites (tertiary alicyclic amines) is 1. The van der Waals surface area contributed by atoms with Crippen LogP contribution in [-0.4, -0.2) is 40.8 Å². The number of halogens is 3. The predicted molar refractivity (Wildman–Crippen MR) is 92.4 cm³/mol. The molecule has 27 heavy (non-hydrogen) atoms. The summed E-state index contributed by atoms with van der Waals surface area (Å²) >= 11 is 0. The number of pyridine rings is 1. The van der Waals surface area contributed by atoms with Crippen LogP contribution in [0.25, 0.3) is 0 Å². The Kier molecular flexibility index (Phi) is 5.03. The van der Waals surface area contributed by atoms with Crippen LogP contribution >= 0.6 is 0 Å². The first kappa shape index (κ1) is 19.8. The minimum atomic E-state index is -4.50. The van der Waals surface area contributed by atoms with E-state index in [2.05, 4.69) is 4.98 Å². The van der Waals surface area contributed by atoms with Gasteiger partial charge in [-0.3, -0.25) is 0 Å². The largest absolute Gasteiger partial charge is 0.474 e. The van der Waals surface area contributed by atoms with Gasteiger partial charge in [-0.15, -0.1) is 0 Å². The molecule has 0 radical (unpaired) electrons. The van der Waals surface area contributed by atoms with E-state index in [9.17, 15) is 18.0 Å². The molecule has 5 nitrogen and oxygen atoms in total. The monoisotopic (exact) mass is 386 g/mol. The van der Waals surface area contributed by atoms with Crippen LogP contribution in [0.1, 0.15) is 52.0 Å². The molecule has 0 aromatic carbocycles. The van der Waals surface area contributed by atoms with E-state index in [0.29, 0.717) is 25.9 Å². The minimum Gasteiger partial charge on any atom is -0.474 e. The highest BCUT2D eigenvalue weighted by Gasteiger charge is 2.49. The van der Waals surface area contributed by atoms with Gasteiger partial charge >= 0.3 is 12.3 Å². The number of ether oxygens (including phenoxy) is 2. The molecule has 0 bridgehead atoms. The fourth-order valence-corrected chi connectivity index (χ4v) is 3.87. The SMILES string of the molecule is CC(C)(C)OC(=O)N1CCCC2(CC(Oc3ncccc3C(F)(F)F)C2)C1. The summed E-state index contributed by atoms with van der Waals surface area (Å²) < 4.78 is 50.2. The van der Waals surface area contributed by atoms with Crippen LogP contribution in [0.2, 0.25) is 0 Å². The highest BCUT2D eigenvalue weighted by Crippen LogP contribution is 2.49. The topological polar surface area (TPSA) is 51.7 Å². The number of hydrogen-bond acceptors (Lipinski definition) is 4. The van der Waals surface area contributed by atoms with Crippen LogP contribution in [0.4, 0.5) is 18.0 Å². The summed E-state index contributed by atoms with van der Waals surface area (Å²) in [5, 5.41) is 0. The summed E-state index contributed by atoms with van der Waals surface area (Å²) in [6.07, 6.45) is -0.855. The maximum atomic E-state index is 13.1. The molecule has 1 aliphatic carbocycles. The van der Waals surface area contributed by atoms with Crippen molar-refractivity contribution in [3.8, 4) is 5.88 Å². The standard InChI is InChI=1S/C19H25F3N2O3/c1-17(2,3)27-16(25)24-9-5-7-18(12-24)10-13(11-18)26-15-14(19(20,21)22)6-4-8-23-15/h4,6,8,13H,5,7,9-12H2,1-3H3. The van der Waals surface area contributed by atoms with Crippen LogP contribution in [0.5, 0.6) is 5.88 Å². The molecule has 0 unspecified atom stereocenters. The zero-order valence-electron chi connectivity index (χ0n) is 15.8. The van der Waals surface area contributed by atoms with Crippen LogP contribution < -0.4 is 4.74 Å². The molecular weight excluding hydrogens is 361 g/mol. The molecule has 150 valence electrons. The van der Waals surface area contributed by atoms with Crippen molar-refractivity contribution in [3.05, 3.63) is 23.9 Å². The molecule has 1 saturated heterocycles. The number of aromatic nitrogens is 1. The Bertz CT molecular complexity index is 694. The Morgan fingerprint density at radius 3 is 2.63 bits per heavy atom. The second-order valence-corrected chi connectivity index (χ2v) is 8.51. The van der Waals surface area contributed by atoms with Crippen molar-refractivity contribution >= 4 is 6.09 Å². The summed E-state index contributed by atoms with van der Waals surface area (Å²) in [6, 6.07) is 2.22. The summed E-state index contributed by atoms with van der Waals surface area (Å²) in [7, 11) is 0. The highest BCUT2D eigenvalue weighted by atomic mass is 19.4. The Balaban J connectivity index is 1.60. The van der Waals surface area contributed by atoms with Gasteiger partial charge in [-0.1, -0.05) is 0 Å². The Hall–Kier alpha value is -1.99. The van der Waals surface area contributed by atoms with Crippen molar-refractivity contribution in [3.63, 3.8) is 0 Å².